The fourth-order valence-corrected chi connectivity index (χ4v) is 15.4. The maximum absolute atomic E-state index is 6.96. The Bertz CT molecular complexity index is 2450. The van der Waals surface area contributed by atoms with E-state index in [4.69, 9.17) is 4.74 Å². The lowest BCUT2D eigenvalue weighted by molar-refractivity contribution is 0.440. The molecule has 0 unspecified atom stereocenters. The number of para-hydroxylation sites is 2. The molecule has 3 heterocycles. The standard InChI is InChI=1S/C48H38BNOSi/c1-5-17-33(18-6-1)34-29-43-48-45(30-34)51-44-27-15-14-26-40(44)49(48)41-32-47-39(31-42(41)50(43)35-19-7-2-8-20-35)38-25-13-16-28-46(38)52(47,36-21-9-3-10-22-36)37-23-11-4-12-24-37/h2-4,7-16,19-33H,1,5-6,17-18H2. The normalized spacial score (nSPS) is 16.2. The predicted octanol–water partition coefficient (Wildman–Crippen LogP) is 7.50. The van der Waals surface area contributed by atoms with Gasteiger partial charge in [0.05, 0.1) is 0 Å². The first-order valence-electron chi connectivity index (χ1n) is 19.0. The zero-order valence-electron chi connectivity index (χ0n) is 29.1. The number of ether oxygens (including phenoxy) is 1. The van der Waals surface area contributed by atoms with E-state index in [1.807, 2.05) is 0 Å². The summed E-state index contributed by atoms with van der Waals surface area (Å²) in [5.41, 5.74) is 11.8. The summed E-state index contributed by atoms with van der Waals surface area (Å²) >= 11 is 0. The molecule has 0 saturated heterocycles. The third-order valence-electron chi connectivity index (χ3n) is 12.4. The molecule has 0 aromatic heterocycles. The molecule has 0 N–H and O–H groups in total. The van der Waals surface area contributed by atoms with Crippen LogP contribution in [0, 0.1) is 0 Å². The Morgan fingerprint density at radius 3 is 1.92 bits per heavy atom. The lowest BCUT2D eigenvalue weighted by Gasteiger charge is -2.42. The van der Waals surface area contributed by atoms with Gasteiger partial charge in [-0.1, -0.05) is 147 Å². The van der Waals surface area contributed by atoms with E-state index in [1.165, 1.54) is 103 Å². The van der Waals surface area contributed by atoms with Gasteiger partial charge in [-0.3, -0.25) is 0 Å². The minimum Gasteiger partial charge on any atom is -0.458 e. The maximum atomic E-state index is 6.96. The molecule has 4 aliphatic rings. The van der Waals surface area contributed by atoms with E-state index in [1.54, 1.807) is 0 Å². The Labute approximate surface area is 307 Å². The summed E-state index contributed by atoms with van der Waals surface area (Å²) in [6.45, 7) is 0.0533. The summed E-state index contributed by atoms with van der Waals surface area (Å²) in [6, 6.07) is 61.9. The van der Waals surface area contributed by atoms with Gasteiger partial charge in [-0.05, 0) is 109 Å². The van der Waals surface area contributed by atoms with E-state index in [9.17, 15) is 0 Å². The Balaban J connectivity index is 1.26. The molecule has 7 aromatic rings. The van der Waals surface area contributed by atoms with E-state index in [0.717, 1.165) is 11.5 Å². The van der Waals surface area contributed by atoms with Crippen LogP contribution in [0.2, 0.25) is 0 Å². The third kappa shape index (κ3) is 4.25. The first kappa shape index (κ1) is 30.1. The molecule has 0 atom stereocenters. The van der Waals surface area contributed by atoms with Gasteiger partial charge in [0, 0.05) is 17.1 Å². The first-order chi connectivity index (χ1) is 25.8. The predicted molar refractivity (Wildman–Crippen MR) is 221 cm³/mol. The molecule has 4 heteroatoms. The molecule has 0 bridgehead atoms. The number of anilines is 3. The van der Waals surface area contributed by atoms with Gasteiger partial charge in [0.15, 0.2) is 8.07 Å². The summed E-state index contributed by atoms with van der Waals surface area (Å²) in [7, 11) is -2.69. The molecule has 11 rings (SSSR count). The number of nitrogens with zero attached hydrogens (tertiary/aromatic N) is 1. The van der Waals surface area contributed by atoms with Crippen molar-refractivity contribution in [2.24, 2.45) is 0 Å². The van der Waals surface area contributed by atoms with Crippen LogP contribution in [0.1, 0.15) is 43.6 Å². The molecule has 248 valence electrons. The third-order valence-corrected chi connectivity index (χ3v) is 17.2. The fourth-order valence-electron chi connectivity index (χ4n) is 10.2. The molecule has 0 amide bonds. The summed E-state index contributed by atoms with van der Waals surface area (Å²) in [6.07, 6.45) is 6.43. The molecule has 3 aliphatic heterocycles. The van der Waals surface area contributed by atoms with Crippen LogP contribution in [0.4, 0.5) is 17.1 Å². The highest BCUT2D eigenvalue weighted by Gasteiger charge is 2.51. The molecule has 7 aromatic carbocycles. The van der Waals surface area contributed by atoms with Crippen molar-refractivity contribution in [3.63, 3.8) is 0 Å². The lowest BCUT2D eigenvalue weighted by Crippen LogP contribution is -2.73. The van der Waals surface area contributed by atoms with Crippen molar-refractivity contribution in [3.05, 3.63) is 169 Å². The maximum Gasteiger partial charge on any atom is 0.256 e. The second-order valence-electron chi connectivity index (χ2n) is 15.0. The van der Waals surface area contributed by atoms with Crippen molar-refractivity contribution in [1.82, 2.24) is 0 Å². The molecule has 1 fully saturated rings. The SMILES string of the molecule is c1ccc(N2c3cc4c(cc3B3c5ccccc5Oc5cc(C6CCCCC6)cc2c53)[Si](c2ccccc2)(c2ccccc2)c2ccccc2-4)cc1. The molecule has 52 heavy (non-hydrogen) atoms. The van der Waals surface area contributed by atoms with Crippen LogP contribution < -0.4 is 46.8 Å². The van der Waals surface area contributed by atoms with Crippen LogP contribution in [0.3, 0.4) is 0 Å². The monoisotopic (exact) mass is 683 g/mol. The number of fused-ring (bicyclic) bond motifs is 7. The Morgan fingerprint density at radius 1 is 0.519 bits per heavy atom. The summed E-state index contributed by atoms with van der Waals surface area (Å²) < 4.78 is 6.96. The molecule has 0 radical (unpaired) electrons. The minimum atomic E-state index is -2.69. The summed E-state index contributed by atoms with van der Waals surface area (Å²) in [5.74, 6) is 2.56. The van der Waals surface area contributed by atoms with Crippen molar-refractivity contribution in [2.45, 2.75) is 38.0 Å². The first-order valence-corrected chi connectivity index (χ1v) is 21.0. The van der Waals surface area contributed by atoms with Crippen LogP contribution in [0.15, 0.2) is 164 Å². The number of hydrogen-bond donors (Lipinski definition) is 0. The lowest BCUT2D eigenvalue weighted by atomic mass is 9.34. The summed E-state index contributed by atoms with van der Waals surface area (Å²) in [4.78, 5) is 2.56. The zero-order valence-corrected chi connectivity index (χ0v) is 30.1. The average Bonchev–Trinajstić information content (AvgIpc) is 3.51. The van der Waals surface area contributed by atoms with Gasteiger partial charge in [-0.15, -0.1) is 0 Å². The molecule has 1 saturated carbocycles. The molecule has 1 aliphatic carbocycles. The van der Waals surface area contributed by atoms with Gasteiger partial charge in [0.25, 0.3) is 6.71 Å². The topological polar surface area (TPSA) is 12.5 Å². The number of benzene rings is 7. The van der Waals surface area contributed by atoms with Gasteiger partial charge in [0.2, 0.25) is 0 Å². The van der Waals surface area contributed by atoms with Crippen molar-refractivity contribution in [2.75, 3.05) is 4.90 Å². The second-order valence-corrected chi connectivity index (χ2v) is 18.7. The highest BCUT2D eigenvalue weighted by atomic mass is 28.3. The van der Waals surface area contributed by atoms with Gasteiger partial charge >= 0.3 is 0 Å². The van der Waals surface area contributed by atoms with Gasteiger partial charge in [0.1, 0.15) is 11.5 Å². The minimum absolute atomic E-state index is 0.0533. The highest BCUT2D eigenvalue weighted by molar-refractivity contribution is 7.22. The number of hydrogen-bond acceptors (Lipinski definition) is 2. The van der Waals surface area contributed by atoms with E-state index >= 15 is 0 Å². The van der Waals surface area contributed by atoms with Crippen molar-refractivity contribution < 1.29 is 4.74 Å². The van der Waals surface area contributed by atoms with E-state index in [-0.39, 0.29) is 6.71 Å². The molecular formula is C48H38BNOSi. The largest absolute Gasteiger partial charge is 0.458 e. The van der Waals surface area contributed by atoms with Gasteiger partial charge in [-0.25, -0.2) is 0 Å². The second kappa shape index (κ2) is 11.7. The van der Waals surface area contributed by atoms with Crippen molar-refractivity contribution in [1.29, 1.82) is 0 Å². The molecule has 2 nitrogen and oxygen atoms in total. The van der Waals surface area contributed by atoms with Crippen molar-refractivity contribution in [3.8, 4) is 22.6 Å². The highest BCUT2D eigenvalue weighted by Crippen LogP contribution is 2.45. The van der Waals surface area contributed by atoms with Crippen LogP contribution >= 0.6 is 0 Å². The van der Waals surface area contributed by atoms with Crippen LogP contribution in [-0.2, 0) is 0 Å². The van der Waals surface area contributed by atoms with Crippen LogP contribution in [0.25, 0.3) is 11.1 Å². The quantitative estimate of drug-likeness (QED) is 0.178. The van der Waals surface area contributed by atoms with Crippen molar-refractivity contribution >= 4 is 69.0 Å². The zero-order chi connectivity index (χ0) is 34.2. The van der Waals surface area contributed by atoms with Gasteiger partial charge in [-0.2, -0.15) is 0 Å². The Kier molecular flexibility index (Phi) is 6.79. The Morgan fingerprint density at radius 2 is 1.17 bits per heavy atom. The van der Waals surface area contributed by atoms with E-state index < -0.39 is 8.07 Å². The molecular weight excluding hydrogens is 645 g/mol. The van der Waals surface area contributed by atoms with Crippen LogP contribution in [-0.4, -0.2) is 14.8 Å². The fraction of sp³-hybridized carbons (Fsp3) is 0.125. The smallest absolute Gasteiger partial charge is 0.256 e. The van der Waals surface area contributed by atoms with Gasteiger partial charge < -0.3 is 9.64 Å². The number of rotatable bonds is 4. The van der Waals surface area contributed by atoms with Crippen LogP contribution in [0.5, 0.6) is 11.5 Å². The average molecular weight is 684 g/mol. The molecule has 0 spiro atoms. The van der Waals surface area contributed by atoms with E-state index in [2.05, 4.69) is 169 Å². The Hall–Kier alpha value is -5.58. The summed E-state index contributed by atoms with van der Waals surface area (Å²) in [5, 5.41) is 5.80. The van der Waals surface area contributed by atoms with E-state index in [0.29, 0.717) is 5.92 Å².